The van der Waals surface area contributed by atoms with Crippen molar-refractivity contribution >= 4 is 5.71 Å². The summed E-state index contributed by atoms with van der Waals surface area (Å²) in [4.78, 5) is 4.97. The van der Waals surface area contributed by atoms with E-state index < -0.39 is 0 Å². The fourth-order valence-corrected chi connectivity index (χ4v) is 2.98. The van der Waals surface area contributed by atoms with Gasteiger partial charge >= 0.3 is 0 Å². The predicted octanol–water partition coefficient (Wildman–Crippen LogP) is 4.67. The lowest BCUT2D eigenvalue weighted by molar-refractivity contribution is 0.474. The van der Waals surface area contributed by atoms with E-state index in [-0.39, 0.29) is 6.04 Å². The molecule has 1 atom stereocenters. The van der Waals surface area contributed by atoms with Crippen molar-refractivity contribution in [2.24, 2.45) is 4.99 Å². The normalized spacial score (nSPS) is 18.0. The van der Waals surface area contributed by atoms with Gasteiger partial charge in [0.2, 0.25) is 0 Å². The van der Waals surface area contributed by atoms with E-state index in [4.69, 9.17) is 4.99 Å². The molecular weight excluding hydrogens is 258 g/mol. The molecule has 0 saturated heterocycles. The first-order valence-corrected chi connectivity index (χ1v) is 7.68. The van der Waals surface area contributed by atoms with E-state index in [9.17, 15) is 5.11 Å². The highest BCUT2D eigenvalue weighted by atomic mass is 16.3. The monoisotopic (exact) mass is 279 g/mol. The molecule has 108 valence electrons. The third-order valence-corrected chi connectivity index (χ3v) is 4.14. The number of phenolic OH excluding ortho intramolecular Hbond substituents is 1. The summed E-state index contributed by atoms with van der Waals surface area (Å²) in [6.45, 7) is 2.15. The van der Waals surface area contributed by atoms with Crippen LogP contribution in [0.25, 0.3) is 0 Å². The van der Waals surface area contributed by atoms with Crippen molar-refractivity contribution in [3.63, 3.8) is 0 Å². The molecule has 0 fully saturated rings. The number of aromatic hydroxyl groups is 1. The van der Waals surface area contributed by atoms with Crippen LogP contribution in [0, 0.1) is 0 Å². The molecule has 0 radical (unpaired) electrons. The summed E-state index contributed by atoms with van der Waals surface area (Å²) in [7, 11) is 0. The van der Waals surface area contributed by atoms with Gasteiger partial charge in [-0.25, -0.2) is 0 Å². The summed E-state index contributed by atoms with van der Waals surface area (Å²) in [6, 6.07) is 16.3. The van der Waals surface area contributed by atoms with Crippen LogP contribution in [0.5, 0.6) is 5.75 Å². The first-order valence-electron chi connectivity index (χ1n) is 7.68. The maximum Gasteiger partial charge on any atom is 0.115 e. The van der Waals surface area contributed by atoms with Gasteiger partial charge < -0.3 is 5.11 Å². The number of aliphatic imine (C=N–C) groups is 1. The number of benzene rings is 2. The SMILES string of the molecule is CC(/N=C1/CCCCc2cc(O)ccc21)c1ccccc1. The van der Waals surface area contributed by atoms with Crippen LogP contribution in [-0.2, 0) is 6.42 Å². The Bertz CT molecular complexity index is 646. The third-order valence-electron chi connectivity index (χ3n) is 4.14. The lowest BCUT2D eigenvalue weighted by atomic mass is 10.0. The van der Waals surface area contributed by atoms with Crippen molar-refractivity contribution in [3.8, 4) is 5.75 Å². The van der Waals surface area contributed by atoms with Gasteiger partial charge in [0.1, 0.15) is 5.75 Å². The Hall–Kier alpha value is -2.09. The van der Waals surface area contributed by atoms with Gasteiger partial charge in [0.25, 0.3) is 0 Å². The summed E-state index contributed by atoms with van der Waals surface area (Å²) < 4.78 is 0. The highest BCUT2D eigenvalue weighted by Crippen LogP contribution is 2.27. The van der Waals surface area contributed by atoms with E-state index >= 15 is 0 Å². The van der Waals surface area contributed by atoms with E-state index in [0.717, 1.165) is 25.7 Å². The number of hydrogen-bond donors (Lipinski definition) is 1. The first-order chi connectivity index (χ1) is 10.2. The molecule has 0 heterocycles. The topological polar surface area (TPSA) is 32.6 Å². The van der Waals surface area contributed by atoms with Crippen molar-refractivity contribution < 1.29 is 5.11 Å². The molecule has 21 heavy (non-hydrogen) atoms. The molecule has 1 aliphatic rings. The van der Waals surface area contributed by atoms with Gasteiger partial charge in [0, 0.05) is 5.71 Å². The minimum absolute atomic E-state index is 0.168. The zero-order chi connectivity index (χ0) is 14.7. The summed E-state index contributed by atoms with van der Waals surface area (Å²) in [5, 5.41) is 9.69. The van der Waals surface area contributed by atoms with Crippen molar-refractivity contribution in [2.45, 2.75) is 38.6 Å². The van der Waals surface area contributed by atoms with Crippen molar-refractivity contribution in [1.82, 2.24) is 0 Å². The van der Waals surface area contributed by atoms with Crippen LogP contribution >= 0.6 is 0 Å². The molecule has 2 nitrogen and oxygen atoms in total. The zero-order valence-corrected chi connectivity index (χ0v) is 12.4. The smallest absolute Gasteiger partial charge is 0.115 e. The Kier molecular flexibility index (Phi) is 4.05. The predicted molar refractivity (Wildman–Crippen MR) is 87.1 cm³/mol. The van der Waals surface area contributed by atoms with Crippen molar-refractivity contribution in [3.05, 3.63) is 65.2 Å². The Balaban J connectivity index is 1.96. The van der Waals surface area contributed by atoms with Gasteiger partial charge in [0.15, 0.2) is 0 Å². The molecule has 3 rings (SSSR count). The molecule has 1 unspecified atom stereocenters. The molecule has 1 aliphatic carbocycles. The number of rotatable bonds is 2. The summed E-state index contributed by atoms with van der Waals surface area (Å²) in [5.41, 5.74) is 4.87. The van der Waals surface area contributed by atoms with Crippen LogP contribution in [-0.4, -0.2) is 10.8 Å². The third kappa shape index (κ3) is 3.15. The minimum atomic E-state index is 0.168. The van der Waals surface area contributed by atoms with Crippen LogP contribution in [0.15, 0.2) is 53.5 Å². The summed E-state index contributed by atoms with van der Waals surface area (Å²) in [5.74, 6) is 0.353. The molecule has 0 aliphatic heterocycles. The Morgan fingerprint density at radius 1 is 1.00 bits per heavy atom. The Labute approximate surface area is 126 Å². The van der Waals surface area contributed by atoms with Crippen molar-refractivity contribution in [1.29, 1.82) is 0 Å². The first kappa shape index (κ1) is 13.9. The van der Waals surface area contributed by atoms with Gasteiger partial charge in [-0.05, 0) is 67.5 Å². The van der Waals surface area contributed by atoms with Gasteiger partial charge in [-0.3, -0.25) is 4.99 Å². The molecule has 0 spiro atoms. The minimum Gasteiger partial charge on any atom is -0.508 e. The van der Waals surface area contributed by atoms with Crippen LogP contribution in [0.3, 0.4) is 0 Å². The number of nitrogens with zero attached hydrogens (tertiary/aromatic N) is 1. The van der Waals surface area contributed by atoms with Gasteiger partial charge in [-0.15, -0.1) is 0 Å². The molecule has 2 heteroatoms. The standard InChI is InChI=1S/C19H21NO/c1-14(15-7-3-2-4-8-15)20-19-10-6-5-9-16-13-17(21)11-12-18(16)19/h2-4,7-8,11-14,21H,5-6,9-10H2,1H3/b20-19-. The second-order valence-electron chi connectivity index (χ2n) is 5.71. The molecular formula is C19H21NO. The average molecular weight is 279 g/mol. The quantitative estimate of drug-likeness (QED) is 0.796. The maximum atomic E-state index is 9.69. The van der Waals surface area contributed by atoms with E-state index in [0.29, 0.717) is 5.75 Å². The van der Waals surface area contributed by atoms with E-state index in [1.54, 1.807) is 6.07 Å². The van der Waals surface area contributed by atoms with Crippen LogP contribution < -0.4 is 0 Å². The second-order valence-corrected chi connectivity index (χ2v) is 5.71. The Morgan fingerprint density at radius 2 is 1.76 bits per heavy atom. The molecule has 0 bridgehead atoms. The maximum absolute atomic E-state index is 9.69. The fraction of sp³-hybridized carbons (Fsp3) is 0.316. The van der Waals surface area contributed by atoms with E-state index in [1.807, 2.05) is 18.2 Å². The Morgan fingerprint density at radius 3 is 2.57 bits per heavy atom. The number of hydrogen-bond acceptors (Lipinski definition) is 2. The highest BCUT2D eigenvalue weighted by Gasteiger charge is 2.15. The lowest BCUT2D eigenvalue weighted by Crippen LogP contribution is -2.04. The van der Waals surface area contributed by atoms with Crippen LogP contribution in [0.2, 0.25) is 0 Å². The zero-order valence-electron chi connectivity index (χ0n) is 12.4. The molecule has 2 aromatic carbocycles. The van der Waals surface area contributed by atoms with Gasteiger partial charge in [-0.1, -0.05) is 30.3 Å². The molecule has 0 aromatic heterocycles. The highest BCUT2D eigenvalue weighted by molar-refractivity contribution is 6.02. The van der Waals surface area contributed by atoms with Gasteiger partial charge in [0.05, 0.1) is 6.04 Å². The number of aryl methyl sites for hydroxylation is 1. The fourth-order valence-electron chi connectivity index (χ4n) is 2.98. The summed E-state index contributed by atoms with van der Waals surface area (Å²) >= 11 is 0. The molecule has 0 saturated carbocycles. The molecule has 2 aromatic rings. The number of phenols is 1. The van der Waals surface area contributed by atoms with Crippen molar-refractivity contribution in [2.75, 3.05) is 0 Å². The largest absolute Gasteiger partial charge is 0.508 e. The van der Waals surface area contributed by atoms with Crippen LogP contribution in [0.4, 0.5) is 0 Å². The van der Waals surface area contributed by atoms with E-state index in [2.05, 4.69) is 31.2 Å². The average Bonchev–Trinajstić information content (AvgIpc) is 2.70. The molecule has 1 N–H and O–H groups in total. The summed E-state index contributed by atoms with van der Waals surface area (Å²) in [6.07, 6.45) is 4.38. The number of fused-ring (bicyclic) bond motifs is 1. The second kappa shape index (κ2) is 6.13. The van der Waals surface area contributed by atoms with E-state index in [1.165, 1.54) is 22.4 Å². The lowest BCUT2D eigenvalue weighted by Gasteiger charge is -2.13. The van der Waals surface area contributed by atoms with Crippen LogP contribution in [0.1, 0.15) is 48.9 Å². The molecule has 0 amide bonds. The van der Waals surface area contributed by atoms with Gasteiger partial charge in [-0.2, -0.15) is 0 Å².